The molecule has 1 rings (SSSR count). The molecule has 1 aromatic carbocycles. The van der Waals surface area contributed by atoms with Crippen LogP contribution in [-0.2, 0) is 0 Å². The van der Waals surface area contributed by atoms with Gasteiger partial charge in [0.1, 0.15) is 0 Å². The summed E-state index contributed by atoms with van der Waals surface area (Å²) in [6.45, 7) is 6.21. The lowest BCUT2D eigenvalue weighted by atomic mass is 10.0. The molecule has 0 saturated heterocycles. The normalized spacial score (nSPS) is 13.1. The maximum atomic E-state index is 5.76. The highest BCUT2D eigenvalue weighted by molar-refractivity contribution is 5.32. The van der Waals surface area contributed by atoms with Crippen molar-refractivity contribution in [2.45, 2.75) is 26.8 Å². The quantitative estimate of drug-likeness (QED) is 0.651. The molecule has 1 heteroatoms. The summed E-state index contributed by atoms with van der Waals surface area (Å²) in [5.74, 6) is 0. The van der Waals surface area contributed by atoms with E-state index >= 15 is 0 Å². The fourth-order valence-corrected chi connectivity index (χ4v) is 1.34. The van der Waals surface area contributed by atoms with Crippen molar-refractivity contribution < 1.29 is 0 Å². The van der Waals surface area contributed by atoms with Crippen LogP contribution in [0.25, 0.3) is 0 Å². The van der Waals surface area contributed by atoms with E-state index in [1.807, 2.05) is 6.92 Å². The average molecular weight is 149 g/mol. The van der Waals surface area contributed by atoms with E-state index in [0.29, 0.717) is 0 Å². The molecular weight excluding hydrogens is 134 g/mol. The van der Waals surface area contributed by atoms with Gasteiger partial charge in [-0.15, -0.1) is 0 Å². The minimum atomic E-state index is 0.149. The molecule has 0 saturated carbocycles. The highest BCUT2D eigenvalue weighted by Crippen LogP contribution is 2.15. The topological polar surface area (TPSA) is 26.0 Å². The first kappa shape index (κ1) is 8.28. The number of aryl methyl sites for hydroxylation is 2. The Morgan fingerprint density at radius 2 is 1.91 bits per heavy atom. The summed E-state index contributed by atoms with van der Waals surface area (Å²) in [7, 11) is 0. The molecule has 1 aromatic rings. The van der Waals surface area contributed by atoms with Gasteiger partial charge in [0.15, 0.2) is 0 Å². The van der Waals surface area contributed by atoms with Crippen molar-refractivity contribution in [3.63, 3.8) is 0 Å². The molecule has 11 heavy (non-hydrogen) atoms. The van der Waals surface area contributed by atoms with Crippen molar-refractivity contribution in [3.8, 4) is 0 Å². The van der Waals surface area contributed by atoms with Crippen molar-refractivity contribution in [1.82, 2.24) is 0 Å². The lowest BCUT2D eigenvalue weighted by Crippen LogP contribution is -2.06. The van der Waals surface area contributed by atoms with Crippen LogP contribution in [0.15, 0.2) is 18.2 Å². The minimum absolute atomic E-state index is 0.149. The van der Waals surface area contributed by atoms with Gasteiger partial charge in [0, 0.05) is 6.04 Å². The van der Waals surface area contributed by atoms with Crippen LogP contribution in [-0.4, -0.2) is 0 Å². The molecule has 1 nitrogen and oxygen atoms in total. The highest BCUT2D eigenvalue weighted by Gasteiger charge is 2.01. The Bertz CT molecular complexity index is 251. The number of nitrogens with two attached hydrogens (primary N) is 1. The smallest absolute Gasteiger partial charge is 0.0268 e. The Labute approximate surface area is 68.2 Å². The zero-order chi connectivity index (χ0) is 8.43. The van der Waals surface area contributed by atoms with E-state index in [-0.39, 0.29) is 6.04 Å². The molecule has 0 amide bonds. The van der Waals surface area contributed by atoms with E-state index < -0.39 is 0 Å². The van der Waals surface area contributed by atoms with Gasteiger partial charge in [-0.05, 0) is 31.9 Å². The van der Waals surface area contributed by atoms with Crippen molar-refractivity contribution in [2.24, 2.45) is 5.73 Å². The van der Waals surface area contributed by atoms with Crippen molar-refractivity contribution >= 4 is 0 Å². The van der Waals surface area contributed by atoms with Gasteiger partial charge >= 0.3 is 0 Å². The van der Waals surface area contributed by atoms with Gasteiger partial charge in [-0.2, -0.15) is 0 Å². The van der Waals surface area contributed by atoms with Gasteiger partial charge in [-0.1, -0.05) is 23.8 Å². The monoisotopic (exact) mass is 149 g/mol. The second-order valence-corrected chi connectivity index (χ2v) is 3.15. The van der Waals surface area contributed by atoms with Crippen LogP contribution in [0, 0.1) is 13.8 Å². The zero-order valence-corrected chi connectivity index (χ0v) is 7.39. The molecular formula is C10H15N. The van der Waals surface area contributed by atoms with Gasteiger partial charge in [0.05, 0.1) is 0 Å². The van der Waals surface area contributed by atoms with Crippen LogP contribution in [0.2, 0.25) is 0 Å². The van der Waals surface area contributed by atoms with Gasteiger partial charge in [0.2, 0.25) is 0 Å². The molecule has 0 aromatic heterocycles. The zero-order valence-electron chi connectivity index (χ0n) is 7.39. The highest BCUT2D eigenvalue weighted by atomic mass is 14.6. The second-order valence-electron chi connectivity index (χ2n) is 3.15. The molecule has 0 radical (unpaired) electrons. The predicted molar refractivity (Wildman–Crippen MR) is 48.5 cm³/mol. The molecule has 1 atom stereocenters. The summed E-state index contributed by atoms with van der Waals surface area (Å²) in [6.07, 6.45) is 0. The molecule has 0 spiro atoms. The fourth-order valence-electron chi connectivity index (χ4n) is 1.34. The first-order valence-electron chi connectivity index (χ1n) is 3.94. The van der Waals surface area contributed by atoms with Crippen LogP contribution in [0.5, 0.6) is 0 Å². The standard InChI is InChI=1S/C10H15N/c1-7-4-5-10(9(3)11)8(2)6-7/h4-6,9H,11H2,1-3H3/t9-/m1/s1. The Balaban J connectivity index is 3.09. The molecule has 0 aliphatic rings. The predicted octanol–water partition coefficient (Wildman–Crippen LogP) is 2.32. The van der Waals surface area contributed by atoms with E-state index in [1.165, 1.54) is 16.7 Å². The Morgan fingerprint density at radius 3 is 2.36 bits per heavy atom. The third-order valence-electron chi connectivity index (χ3n) is 1.92. The van der Waals surface area contributed by atoms with E-state index in [9.17, 15) is 0 Å². The van der Waals surface area contributed by atoms with Crippen molar-refractivity contribution in [2.75, 3.05) is 0 Å². The van der Waals surface area contributed by atoms with Crippen molar-refractivity contribution in [3.05, 3.63) is 34.9 Å². The third-order valence-corrected chi connectivity index (χ3v) is 1.92. The van der Waals surface area contributed by atoms with Gasteiger partial charge in [-0.3, -0.25) is 0 Å². The lowest BCUT2D eigenvalue weighted by Gasteiger charge is -2.09. The second kappa shape index (κ2) is 3.05. The largest absolute Gasteiger partial charge is 0.324 e. The summed E-state index contributed by atoms with van der Waals surface area (Å²) in [5.41, 5.74) is 9.60. The van der Waals surface area contributed by atoms with Crippen LogP contribution >= 0.6 is 0 Å². The van der Waals surface area contributed by atoms with Gasteiger partial charge < -0.3 is 5.73 Å². The number of benzene rings is 1. The summed E-state index contributed by atoms with van der Waals surface area (Å²) in [6, 6.07) is 6.52. The van der Waals surface area contributed by atoms with E-state index in [0.717, 1.165) is 0 Å². The molecule has 60 valence electrons. The Morgan fingerprint density at radius 1 is 1.27 bits per heavy atom. The first-order chi connectivity index (χ1) is 5.11. The first-order valence-corrected chi connectivity index (χ1v) is 3.94. The summed E-state index contributed by atoms with van der Waals surface area (Å²) >= 11 is 0. The van der Waals surface area contributed by atoms with E-state index in [1.54, 1.807) is 0 Å². The maximum absolute atomic E-state index is 5.76. The molecule has 0 aliphatic carbocycles. The Hall–Kier alpha value is -0.820. The lowest BCUT2D eigenvalue weighted by molar-refractivity contribution is 0.809. The van der Waals surface area contributed by atoms with Crippen LogP contribution in [0.3, 0.4) is 0 Å². The minimum Gasteiger partial charge on any atom is -0.324 e. The molecule has 0 aliphatic heterocycles. The molecule has 0 bridgehead atoms. The molecule has 0 unspecified atom stereocenters. The van der Waals surface area contributed by atoms with Gasteiger partial charge in [0.25, 0.3) is 0 Å². The summed E-state index contributed by atoms with van der Waals surface area (Å²) in [4.78, 5) is 0. The SMILES string of the molecule is Cc1ccc([C@@H](C)N)c(C)c1. The summed E-state index contributed by atoms with van der Waals surface area (Å²) < 4.78 is 0. The number of rotatable bonds is 1. The fraction of sp³-hybridized carbons (Fsp3) is 0.400. The van der Waals surface area contributed by atoms with E-state index in [2.05, 4.69) is 32.0 Å². The van der Waals surface area contributed by atoms with Crippen LogP contribution < -0.4 is 5.73 Å². The van der Waals surface area contributed by atoms with E-state index in [4.69, 9.17) is 5.73 Å². The molecule has 0 heterocycles. The van der Waals surface area contributed by atoms with Gasteiger partial charge in [-0.25, -0.2) is 0 Å². The molecule has 2 N–H and O–H groups in total. The molecule has 0 fully saturated rings. The summed E-state index contributed by atoms with van der Waals surface area (Å²) in [5, 5.41) is 0. The maximum Gasteiger partial charge on any atom is 0.0268 e. The van der Waals surface area contributed by atoms with Crippen molar-refractivity contribution in [1.29, 1.82) is 0 Å². The Kier molecular flexibility index (Phi) is 2.30. The third kappa shape index (κ3) is 1.81. The number of hydrogen-bond donors (Lipinski definition) is 1. The van der Waals surface area contributed by atoms with Crippen LogP contribution in [0.1, 0.15) is 29.7 Å². The number of hydrogen-bond acceptors (Lipinski definition) is 1. The van der Waals surface area contributed by atoms with Crippen LogP contribution in [0.4, 0.5) is 0 Å². The average Bonchev–Trinajstić information content (AvgIpc) is 1.85.